The van der Waals surface area contributed by atoms with Gasteiger partial charge in [-0.3, -0.25) is 4.21 Å². The summed E-state index contributed by atoms with van der Waals surface area (Å²) in [7, 11) is -0.713. The summed E-state index contributed by atoms with van der Waals surface area (Å²) in [5.41, 5.74) is 1.08. The van der Waals surface area contributed by atoms with Crippen LogP contribution in [-0.2, 0) is 10.8 Å². The molecule has 0 fully saturated rings. The summed E-state index contributed by atoms with van der Waals surface area (Å²) in [4.78, 5) is 4.39. The van der Waals surface area contributed by atoms with E-state index < -0.39 is 10.8 Å². The lowest BCUT2D eigenvalue weighted by Crippen LogP contribution is -2.23. The molecule has 5 heteroatoms. The average Bonchev–Trinajstić information content (AvgIpc) is 2.51. The van der Waals surface area contributed by atoms with E-state index in [0.29, 0.717) is 5.75 Å². The van der Waals surface area contributed by atoms with Crippen LogP contribution in [0.3, 0.4) is 0 Å². The highest BCUT2D eigenvalue weighted by Crippen LogP contribution is 2.15. The van der Waals surface area contributed by atoms with Crippen LogP contribution in [0.1, 0.15) is 23.7 Å². The van der Waals surface area contributed by atoms with Gasteiger partial charge in [-0.2, -0.15) is 0 Å². The van der Waals surface area contributed by atoms with Crippen molar-refractivity contribution in [1.29, 1.82) is 0 Å². The molecule has 2 atom stereocenters. The smallest absolute Gasteiger partial charge is 0.0898 e. The van der Waals surface area contributed by atoms with Gasteiger partial charge in [0.2, 0.25) is 0 Å². The third kappa shape index (κ3) is 3.86. The molecule has 0 saturated carbocycles. The van der Waals surface area contributed by atoms with Gasteiger partial charge in [0.25, 0.3) is 0 Å². The maximum atomic E-state index is 10.8. The summed E-state index contributed by atoms with van der Waals surface area (Å²) in [6, 6.07) is 0.253. The molecule has 0 bridgehead atoms. The minimum Gasteiger partial charge on any atom is -0.308 e. The fraction of sp³-hybridized carbons (Fsp3) is 0.667. The normalized spacial score (nSPS) is 15.4. The second-order valence-electron chi connectivity index (χ2n) is 3.24. The van der Waals surface area contributed by atoms with Crippen molar-refractivity contribution in [2.75, 3.05) is 18.6 Å². The molecule has 0 aliphatic carbocycles. The molecule has 1 N–H and O–H groups in total. The van der Waals surface area contributed by atoms with Gasteiger partial charge in [0, 0.05) is 40.8 Å². The zero-order valence-electron chi connectivity index (χ0n) is 8.74. The first-order chi connectivity index (χ1) is 6.59. The topological polar surface area (TPSA) is 42.0 Å². The van der Waals surface area contributed by atoms with Crippen LogP contribution in [0, 0.1) is 6.92 Å². The number of hydrogen-bond acceptors (Lipinski definition) is 4. The molecule has 0 saturated heterocycles. The molecule has 1 heterocycles. The molecule has 0 radical (unpaired) electrons. The zero-order valence-corrected chi connectivity index (χ0v) is 10.4. The molecule has 14 heavy (non-hydrogen) atoms. The van der Waals surface area contributed by atoms with E-state index in [1.54, 1.807) is 17.6 Å². The summed E-state index contributed by atoms with van der Waals surface area (Å²) >= 11 is 1.66. The van der Waals surface area contributed by atoms with Crippen LogP contribution in [0.4, 0.5) is 0 Å². The van der Waals surface area contributed by atoms with Crippen molar-refractivity contribution in [2.45, 2.75) is 19.9 Å². The molecule has 3 nitrogen and oxygen atoms in total. The second kappa shape index (κ2) is 5.58. The third-order valence-corrected chi connectivity index (χ3v) is 3.49. The highest BCUT2D eigenvalue weighted by atomic mass is 32.2. The van der Waals surface area contributed by atoms with E-state index >= 15 is 0 Å². The van der Waals surface area contributed by atoms with Gasteiger partial charge < -0.3 is 5.32 Å². The van der Waals surface area contributed by atoms with Crippen LogP contribution in [-0.4, -0.2) is 27.7 Å². The molecule has 0 spiro atoms. The first-order valence-corrected chi connectivity index (χ1v) is 7.15. The Hall–Kier alpha value is -0.260. The lowest BCUT2D eigenvalue weighted by atomic mass is 10.2. The first-order valence-electron chi connectivity index (χ1n) is 4.55. The van der Waals surface area contributed by atoms with Gasteiger partial charge in [0.1, 0.15) is 0 Å². The van der Waals surface area contributed by atoms with Gasteiger partial charge in [-0.15, -0.1) is 11.3 Å². The number of rotatable bonds is 5. The van der Waals surface area contributed by atoms with Crippen LogP contribution in [0.5, 0.6) is 0 Å². The molecular formula is C9H16N2OS2. The number of thiazole rings is 1. The number of aryl methyl sites for hydroxylation is 1. The maximum Gasteiger partial charge on any atom is 0.0898 e. The molecule has 0 aromatic carbocycles. The molecule has 1 rings (SSSR count). The van der Waals surface area contributed by atoms with Crippen molar-refractivity contribution in [3.63, 3.8) is 0 Å². The lowest BCUT2D eigenvalue weighted by Gasteiger charge is -2.10. The Morgan fingerprint density at radius 3 is 2.93 bits per heavy atom. The van der Waals surface area contributed by atoms with Gasteiger partial charge in [0.05, 0.1) is 10.7 Å². The summed E-state index contributed by atoms with van der Waals surface area (Å²) in [6.07, 6.45) is 1.72. The molecule has 0 aliphatic heterocycles. The Labute approximate surface area is 91.4 Å². The molecule has 0 aliphatic rings. The highest BCUT2D eigenvalue weighted by Gasteiger charge is 2.07. The Morgan fingerprint density at radius 1 is 1.71 bits per heavy atom. The van der Waals surface area contributed by atoms with Crippen LogP contribution < -0.4 is 5.32 Å². The minimum absolute atomic E-state index is 0.253. The van der Waals surface area contributed by atoms with Crippen molar-refractivity contribution in [3.05, 3.63) is 16.1 Å². The molecule has 1 aromatic heterocycles. The maximum absolute atomic E-state index is 10.8. The van der Waals surface area contributed by atoms with E-state index in [1.165, 1.54) is 0 Å². The molecule has 1 aromatic rings. The predicted octanol–water partition coefficient (Wildman–Crippen LogP) is 1.48. The molecule has 0 amide bonds. The second-order valence-corrected chi connectivity index (χ2v) is 5.86. The average molecular weight is 232 g/mol. The van der Waals surface area contributed by atoms with Crippen LogP contribution >= 0.6 is 11.3 Å². The van der Waals surface area contributed by atoms with Gasteiger partial charge in [0.15, 0.2) is 0 Å². The fourth-order valence-electron chi connectivity index (χ4n) is 1.10. The van der Waals surface area contributed by atoms with Gasteiger partial charge in [-0.05, 0) is 13.8 Å². The van der Waals surface area contributed by atoms with Crippen molar-refractivity contribution >= 4 is 22.1 Å². The molecular weight excluding hydrogens is 216 g/mol. The van der Waals surface area contributed by atoms with Gasteiger partial charge in [-0.1, -0.05) is 0 Å². The lowest BCUT2D eigenvalue weighted by molar-refractivity contribution is 0.585. The zero-order chi connectivity index (χ0) is 10.6. The van der Waals surface area contributed by atoms with Crippen LogP contribution in [0.2, 0.25) is 0 Å². The van der Waals surface area contributed by atoms with Crippen molar-refractivity contribution in [2.24, 2.45) is 0 Å². The summed E-state index contributed by atoms with van der Waals surface area (Å²) < 4.78 is 10.8. The Balaban J connectivity index is 2.35. The molecule has 80 valence electrons. The summed E-state index contributed by atoms with van der Waals surface area (Å²) in [6.45, 7) is 4.86. The van der Waals surface area contributed by atoms with Gasteiger partial charge in [-0.25, -0.2) is 4.98 Å². The summed E-state index contributed by atoms with van der Waals surface area (Å²) in [5.74, 6) is 0.702. The predicted molar refractivity (Wildman–Crippen MR) is 62.2 cm³/mol. The van der Waals surface area contributed by atoms with E-state index in [4.69, 9.17) is 0 Å². The largest absolute Gasteiger partial charge is 0.308 e. The van der Waals surface area contributed by atoms with E-state index in [2.05, 4.69) is 22.6 Å². The van der Waals surface area contributed by atoms with Crippen LogP contribution in [0.15, 0.2) is 5.38 Å². The SMILES string of the molecule is Cc1nc(C(C)NCCS(C)=O)cs1. The van der Waals surface area contributed by atoms with Crippen molar-refractivity contribution < 1.29 is 4.21 Å². The van der Waals surface area contributed by atoms with Crippen molar-refractivity contribution in [3.8, 4) is 0 Å². The fourth-order valence-corrected chi connectivity index (χ4v) is 2.21. The van der Waals surface area contributed by atoms with Crippen molar-refractivity contribution in [1.82, 2.24) is 10.3 Å². The minimum atomic E-state index is -0.713. The number of nitrogens with one attached hydrogen (secondary N) is 1. The Morgan fingerprint density at radius 2 is 2.43 bits per heavy atom. The van der Waals surface area contributed by atoms with Gasteiger partial charge >= 0.3 is 0 Å². The van der Waals surface area contributed by atoms with Crippen LogP contribution in [0.25, 0.3) is 0 Å². The van der Waals surface area contributed by atoms with E-state index in [9.17, 15) is 4.21 Å². The monoisotopic (exact) mass is 232 g/mol. The quantitative estimate of drug-likeness (QED) is 0.836. The number of aromatic nitrogens is 1. The number of nitrogens with zero attached hydrogens (tertiary/aromatic N) is 1. The highest BCUT2D eigenvalue weighted by molar-refractivity contribution is 7.84. The Bertz CT molecular complexity index is 312. The standard InChI is InChI=1S/C9H16N2OS2/c1-7(10-4-5-14(3)12)9-6-13-8(2)11-9/h6-7,10H,4-5H2,1-3H3. The third-order valence-electron chi connectivity index (χ3n) is 1.92. The number of hydrogen-bond donors (Lipinski definition) is 1. The Kier molecular flexibility index (Phi) is 4.71. The van der Waals surface area contributed by atoms with E-state index in [0.717, 1.165) is 17.2 Å². The molecule has 2 unspecified atom stereocenters. The van der Waals surface area contributed by atoms with E-state index in [-0.39, 0.29) is 6.04 Å². The van der Waals surface area contributed by atoms with E-state index in [1.807, 2.05) is 6.92 Å². The summed E-state index contributed by atoms with van der Waals surface area (Å²) in [5, 5.41) is 6.45. The first kappa shape index (κ1) is 11.8.